The van der Waals surface area contributed by atoms with Gasteiger partial charge in [0.1, 0.15) is 0 Å². The molecule has 1 aliphatic heterocycles. The molecular formula is C12H18N4O2. The second kappa shape index (κ2) is 5.68. The first-order chi connectivity index (χ1) is 8.70. The van der Waals surface area contributed by atoms with Crippen LogP contribution >= 0.6 is 0 Å². The molecule has 0 unspecified atom stereocenters. The first-order valence-corrected chi connectivity index (χ1v) is 5.95. The number of ether oxygens (including phenoxy) is 1. The van der Waals surface area contributed by atoms with Crippen LogP contribution in [0, 0.1) is 0 Å². The monoisotopic (exact) mass is 250 g/mol. The summed E-state index contributed by atoms with van der Waals surface area (Å²) < 4.78 is 5.30. The van der Waals surface area contributed by atoms with Crippen LogP contribution in [0.4, 0.5) is 5.82 Å². The summed E-state index contributed by atoms with van der Waals surface area (Å²) in [6.45, 7) is 3.58. The van der Waals surface area contributed by atoms with E-state index in [1.807, 2.05) is 17.0 Å². The number of aromatic nitrogens is 1. The van der Waals surface area contributed by atoms with Crippen LogP contribution in [0.3, 0.4) is 0 Å². The highest BCUT2D eigenvalue weighted by atomic mass is 16.5. The van der Waals surface area contributed by atoms with Crippen LogP contribution in [0.5, 0.6) is 5.75 Å². The topological polar surface area (TPSA) is 71.7 Å². The van der Waals surface area contributed by atoms with Crippen molar-refractivity contribution in [3.05, 3.63) is 18.3 Å². The molecule has 1 saturated heterocycles. The normalized spacial score (nSPS) is 16.6. The molecule has 1 aromatic heterocycles. The number of piperazine rings is 1. The highest BCUT2D eigenvalue weighted by Gasteiger charge is 2.21. The van der Waals surface area contributed by atoms with Gasteiger partial charge < -0.3 is 15.4 Å². The van der Waals surface area contributed by atoms with Crippen molar-refractivity contribution in [2.45, 2.75) is 0 Å². The van der Waals surface area contributed by atoms with Crippen LogP contribution in [-0.2, 0) is 4.79 Å². The zero-order valence-electron chi connectivity index (χ0n) is 10.5. The van der Waals surface area contributed by atoms with E-state index in [2.05, 4.69) is 9.88 Å². The van der Waals surface area contributed by atoms with Gasteiger partial charge in [0.15, 0.2) is 11.6 Å². The lowest BCUT2D eigenvalue weighted by Gasteiger charge is -2.35. The molecule has 0 aliphatic carbocycles. The number of rotatable bonds is 4. The van der Waals surface area contributed by atoms with E-state index in [4.69, 9.17) is 10.5 Å². The second-order valence-corrected chi connectivity index (χ2v) is 4.26. The van der Waals surface area contributed by atoms with Gasteiger partial charge in [-0.25, -0.2) is 4.98 Å². The summed E-state index contributed by atoms with van der Waals surface area (Å²) >= 11 is 0. The Bertz CT molecular complexity index is 416. The van der Waals surface area contributed by atoms with E-state index < -0.39 is 0 Å². The van der Waals surface area contributed by atoms with Gasteiger partial charge in [-0.3, -0.25) is 9.69 Å². The molecular weight excluding hydrogens is 232 g/mol. The second-order valence-electron chi connectivity index (χ2n) is 4.26. The molecule has 2 rings (SSSR count). The molecule has 2 heterocycles. The summed E-state index contributed by atoms with van der Waals surface area (Å²) in [6.07, 6.45) is 1.76. The average molecular weight is 250 g/mol. The van der Waals surface area contributed by atoms with Crippen LogP contribution < -0.4 is 15.4 Å². The van der Waals surface area contributed by atoms with E-state index in [0.29, 0.717) is 6.54 Å². The molecule has 0 bridgehead atoms. The van der Waals surface area contributed by atoms with Gasteiger partial charge in [0, 0.05) is 32.4 Å². The summed E-state index contributed by atoms with van der Waals surface area (Å²) in [5.74, 6) is 1.36. The molecule has 18 heavy (non-hydrogen) atoms. The predicted octanol–water partition coefficient (Wildman–Crippen LogP) is -0.302. The van der Waals surface area contributed by atoms with Gasteiger partial charge in [-0.2, -0.15) is 0 Å². The molecule has 0 radical (unpaired) electrons. The lowest BCUT2D eigenvalue weighted by Crippen LogP contribution is -2.49. The van der Waals surface area contributed by atoms with E-state index in [-0.39, 0.29) is 5.91 Å². The molecule has 0 saturated carbocycles. The number of methoxy groups -OCH3 is 1. The van der Waals surface area contributed by atoms with Crippen molar-refractivity contribution < 1.29 is 9.53 Å². The maximum absolute atomic E-state index is 10.9. The van der Waals surface area contributed by atoms with Crippen molar-refractivity contribution in [2.24, 2.45) is 5.73 Å². The van der Waals surface area contributed by atoms with Crippen LogP contribution in [0.1, 0.15) is 0 Å². The van der Waals surface area contributed by atoms with Crippen molar-refractivity contribution in [3.63, 3.8) is 0 Å². The van der Waals surface area contributed by atoms with Crippen molar-refractivity contribution >= 4 is 11.7 Å². The highest BCUT2D eigenvalue weighted by molar-refractivity contribution is 5.76. The standard InChI is InChI=1S/C12H18N4O2/c1-18-10-3-2-4-14-12(10)16-7-5-15(6-8-16)9-11(13)17/h2-4H,5-9H2,1H3,(H2,13,17). The molecule has 1 aromatic rings. The Balaban J connectivity index is 1.99. The summed E-state index contributed by atoms with van der Waals surface area (Å²) in [5.41, 5.74) is 5.19. The van der Waals surface area contributed by atoms with Crippen LogP contribution in [-0.4, -0.2) is 55.6 Å². The number of pyridine rings is 1. The summed E-state index contributed by atoms with van der Waals surface area (Å²) in [7, 11) is 1.64. The zero-order valence-corrected chi connectivity index (χ0v) is 10.5. The first kappa shape index (κ1) is 12.6. The molecule has 6 heteroatoms. The summed E-state index contributed by atoms with van der Waals surface area (Å²) in [5, 5.41) is 0. The van der Waals surface area contributed by atoms with Crippen molar-refractivity contribution in [3.8, 4) is 5.75 Å². The van der Waals surface area contributed by atoms with E-state index in [1.54, 1.807) is 13.3 Å². The lowest BCUT2D eigenvalue weighted by atomic mass is 10.3. The van der Waals surface area contributed by atoms with Crippen molar-refractivity contribution in [2.75, 3.05) is 44.7 Å². The third-order valence-corrected chi connectivity index (χ3v) is 3.02. The van der Waals surface area contributed by atoms with Crippen LogP contribution in [0.2, 0.25) is 0 Å². The fourth-order valence-corrected chi connectivity index (χ4v) is 2.12. The third kappa shape index (κ3) is 2.89. The zero-order chi connectivity index (χ0) is 13.0. The predicted molar refractivity (Wildman–Crippen MR) is 68.6 cm³/mol. The number of primary amides is 1. The number of nitrogens with two attached hydrogens (primary N) is 1. The molecule has 0 atom stereocenters. The maximum atomic E-state index is 10.9. The first-order valence-electron chi connectivity index (χ1n) is 5.95. The summed E-state index contributed by atoms with van der Waals surface area (Å²) in [6, 6.07) is 3.75. The largest absolute Gasteiger partial charge is 0.493 e. The Morgan fingerprint density at radius 3 is 2.78 bits per heavy atom. The Morgan fingerprint density at radius 2 is 2.17 bits per heavy atom. The van der Waals surface area contributed by atoms with Gasteiger partial charge in [-0.1, -0.05) is 0 Å². The number of nitrogens with zero attached hydrogens (tertiary/aromatic N) is 3. The molecule has 2 N–H and O–H groups in total. The molecule has 98 valence electrons. The maximum Gasteiger partial charge on any atom is 0.231 e. The number of amides is 1. The number of carbonyl (C=O) groups excluding carboxylic acids is 1. The smallest absolute Gasteiger partial charge is 0.231 e. The quantitative estimate of drug-likeness (QED) is 0.794. The van der Waals surface area contributed by atoms with Gasteiger partial charge in [-0.05, 0) is 12.1 Å². The average Bonchev–Trinajstić information content (AvgIpc) is 2.39. The summed E-state index contributed by atoms with van der Waals surface area (Å²) in [4.78, 5) is 19.4. The highest BCUT2D eigenvalue weighted by Crippen LogP contribution is 2.25. The van der Waals surface area contributed by atoms with E-state index in [0.717, 1.165) is 37.7 Å². The van der Waals surface area contributed by atoms with Crippen molar-refractivity contribution in [1.82, 2.24) is 9.88 Å². The Hall–Kier alpha value is -1.82. The van der Waals surface area contributed by atoms with Gasteiger partial charge >= 0.3 is 0 Å². The van der Waals surface area contributed by atoms with Crippen LogP contribution in [0.15, 0.2) is 18.3 Å². The molecule has 1 aliphatic rings. The number of anilines is 1. The number of carbonyl (C=O) groups is 1. The van der Waals surface area contributed by atoms with Gasteiger partial charge in [0.25, 0.3) is 0 Å². The molecule has 1 amide bonds. The molecule has 0 spiro atoms. The number of hydrogen-bond acceptors (Lipinski definition) is 5. The van der Waals surface area contributed by atoms with Gasteiger partial charge in [-0.15, -0.1) is 0 Å². The minimum Gasteiger partial charge on any atom is -0.493 e. The van der Waals surface area contributed by atoms with E-state index in [9.17, 15) is 4.79 Å². The van der Waals surface area contributed by atoms with Crippen LogP contribution in [0.25, 0.3) is 0 Å². The third-order valence-electron chi connectivity index (χ3n) is 3.02. The molecule has 0 aromatic carbocycles. The van der Waals surface area contributed by atoms with Gasteiger partial charge in [0.2, 0.25) is 5.91 Å². The lowest BCUT2D eigenvalue weighted by molar-refractivity contribution is -0.119. The molecule has 6 nitrogen and oxygen atoms in total. The minimum atomic E-state index is -0.279. The Labute approximate surface area is 106 Å². The Kier molecular flexibility index (Phi) is 3.99. The fourth-order valence-electron chi connectivity index (χ4n) is 2.12. The fraction of sp³-hybridized carbons (Fsp3) is 0.500. The van der Waals surface area contributed by atoms with Crippen molar-refractivity contribution in [1.29, 1.82) is 0 Å². The molecule has 1 fully saturated rings. The van der Waals surface area contributed by atoms with Gasteiger partial charge in [0.05, 0.1) is 13.7 Å². The Morgan fingerprint density at radius 1 is 1.44 bits per heavy atom. The van der Waals surface area contributed by atoms with E-state index >= 15 is 0 Å². The SMILES string of the molecule is COc1cccnc1N1CCN(CC(N)=O)CC1. The minimum absolute atomic E-state index is 0.279. The number of hydrogen-bond donors (Lipinski definition) is 1. The van der Waals surface area contributed by atoms with E-state index in [1.165, 1.54) is 0 Å².